The maximum atomic E-state index is 5.76. The number of hydrogen-bond donors (Lipinski definition) is 0. The highest BCUT2D eigenvalue weighted by Gasteiger charge is 2.27. The first kappa shape index (κ1) is 65.9. The largest absolute Gasteiger partial charge is 0.248 e. The zero-order chi connectivity index (χ0) is 70.7. The van der Waals surface area contributed by atoms with E-state index < -0.39 is 0 Å². The molecule has 4 aromatic heterocycles. The summed E-state index contributed by atoms with van der Waals surface area (Å²) in [6, 6.07) is 89.7. The van der Waals surface area contributed by atoms with E-state index in [0.29, 0.717) is 0 Å². The van der Waals surface area contributed by atoms with Gasteiger partial charge in [0.15, 0.2) is 0 Å². The molecule has 0 N–H and O–H groups in total. The van der Waals surface area contributed by atoms with Gasteiger partial charge in [0.1, 0.15) is 0 Å². The van der Waals surface area contributed by atoms with Gasteiger partial charge in [0.05, 0.1) is 45.6 Å². The predicted octanol–water partition coefficient (Wildman–Crippen LogP) is 21.4. The molecule has 8 heteroatoms. The molecule has 9 heterocycles. The molecule has 0 fully saturated rings. The molecule has 0 aliphatic carbocycles. The molecule has 5 aliphatic heterocycles. The molecule has 4 nitrogen and oxygen atoms in total. The fourth-order valence-corrected chi connectivity index (χ4v) is 18.7. The Labute approximate surface area is 624 Å². The first-order valence-electron chi connectivity index (χ1n) is 35.3. The summed E-state index contributed by atoms with van der Waals surface area (Å²) in [5, 5.41) is 0. The minimum Gasteiger partial charge on any atom is -0.248 e. The van der Waals surface area contributed by atoms with E-state index in [2.05, 4.69) is 347 Å². The summed E-state index contributed by atoms with van der Waals surface area (Å²) in [4.78, 5) is 27.5. The number of rotatable bonds is 8. The van der Waals surface area contributed by atoms with Crippen molar-refractivity contribution in [2.45, 2.75) is 55.4 Å². The van der Waals surface area contributed by atoms with Crippen LogP contribution in [0.3, 0.4) is 0 Å². The molecular weight excluding hydrogens is 1340 g/mol. The Morgan fingerprint density at radius 2 is 0.327 bits per heavy atom. The molecule has 12 aromatic rings. The number of aliphatic imine (C=N–C) groups is 4. The smallest absolute Gasteiger partial charge is 0.0730 e. The van der Waals surface area contributed by atoms with Crippen LogP contribution in [0.15, 0.2) is 334 Å². The van der Waals surface area contributed by atoms with Crippen molar-refractivity contribution in [2.75, 3.05) is 0 Å². The minimum absolute atomic E-state index is 0.906. The molecule has 5 aliphatic rings. The van der Waals surface area contributed by atoms with Gasteiger partial charge in [-0.2, -0.15) is 0 Å². The van der Waals surface area contributed by atoms with E-state index in [0.717, 1.165) is 172 Å². The second-order valence-electron chi connectivity index (χ2n) is 27.4. The average Bonchev–Trinajstić information content (AvgIpc) is 1.65. The van der Waals surface area contributed by atoms with E-state index in [9.17, 15) is 0 Å². The summed E-state index contributed by atoms with van der Waals surface area (Å²) >= 11 is 7.16. The standard InChI is InChI=1S/C96H72N4S4/c1-57-9-25-65(26-10-57)89-73-41-42-74(97-73)90(66-27-11-58(2)12-28-66)83-51-52-84(102-83)93(69-33-17-61(5)18-34-69)77-45-46-78(99-77)94(70-35-19-62(6)20-36-70)87-55-56-88(104-87)96(72-39-23-64(8)24-40-72)80-48-47-79(100-80)95(71-37-21-63(7)22-38-71)86-54-53-85(103-86)92(68-31-15-60(4)16-32-68)76-44-43-75(98-76)91(82-50-49-81(89)101-82)67-29-13-59(3)14-30-67/h9-56H,1-8H3. The number of fused-ring (bicyclic) bond motifs is 12. The number of aryl methyl sites for hydroxylation is 8. The van der Waals surface area contributed by atoms with Crippen molar-refractivity contribution in [3.8, 4) is 0 Å². The lowest BCUT2D eigenvalue weighted by Gasteiger charge is -2.11. The maximum absolute atomic E-state index is 5.76. The Hall–Kier alpha value is -11.4. The summed E-state index contributed by atoms with van der Waals surface area (Å²) in [6.07, 6.45) is 17.8. The highest BCUT2D eigenvalue weighted by atomic mass is 32.1. The van der Waals surface area contributed by atoms with E-state index in [-0.39, 0.29) is 0 Å². The fraction of sp³-hybridized carbons (Fsp3) is 0.0833. The minimum atomic E-state index is 0.906. The Kier molecular flexibility index (Phi) is 17.6. The zero-order valence-electron chi connectivity index (χ0n) is 59.1. The van der Waals surface area contributed by atoms with Crippen LogP contribution in [-0.4, -0.2) is 22.8 Å². The number of allylic oxidation sites excluding steroid dienone is 8. The van der Waals surface area contributed by atoms with Crippen molar-refractivity contribution >= 4 is 113 Å². The molecule has 0 radical (unpaired) electrons. The van der Waals surface area contributed by atoms with Gasteiger partial charge in [0.2, 0.25) is 0 Å². The van der Waals surface area contributed by atoms with Crippen LogP contribution in [0.25, 0.3) is 44.6 Å². The molecule has 16 bridgehead atoms. The maximum Gasteiger partial charge on any atom is 0.0730 e. The van der Waals surface area contributed by atoms with E-state index >= 15 is 0 Å². The van der Waals surface area contributed by atoms with Gasteiger partial charge >= 0.3 is 0 Å². The normalized spacial score (nSPS) is 15.2. The van der Waals surface area contributed by atoms with Gasteiger partial charge < -0.3 is 0 Å². The van der Waals surface area contributed by atoms with Gasteiger partial charge in [-0.05, 0) is 197 Å². The Bertz CT molecular complexity index is 5420. The van der Waals surface area contributed by atoms with Gasteiger partial charge in [0.25, 0.3) is 0 Å². The van der Waals surface area contributed by atoms with E-state index in [1.54, 1.807) is 45.3 Å². The van der Waals surface area contributed by atoms with Crippen molar-refractivity contribution in [2.24, 2.45) is 20.0 Å². The van der Waals surface area contributed by atoms with Crippen LogP contribution >= 0.6 is 45.3 Å². The molecule has 500 valence electrons. The van der Waals surface area contributed by atoms with Crippen LogP contribution in [0, 0.1) is 55.4 Å². The molecule has 0 saturated carbocycles. The SMILES string of the molecule is Cc1ccc(C2=C3C=CC(=N3)C(c3ccc(C)cc3)=c3ccc(s3)=C(c3ccc(C)cc3)C3=NC(=C(c4ccc(C)cc4)c4ccc(s4)C(c4ccc(C)cc4)=C4C=CC(=N4)C(c4ccc(C)cc4)=c4ccc(s4)=C(c4ccc(C)cc4)C4=NC(=C(c5ccc(C)cc5)c5ccc2s5)C=C4)C=C3)cc1. The molecule has 8 aromatic carbocycles. The van der Waals surface area contributed by atoms with E-state index in [1.165, 1.54) is 44.5 Å². The van der Waals surface area contributed by atoms with Crippen molar-refractivity contribution in [3.63, 3.8) is 0 Å². The van der Waals surface area contributed by atoms with Gasteiger partial charge in [-0.15, -0.1) is 45.3 Å². The summed E-state index contributed by atoms with van der Waals surface area (Å²) in [5.41, 5.74) is 34.2. The van der Waals surface area contributed by atoms with Crippen LogP contribution in [0.4, 0.5) is 0 Å². The zero-order valence-corrected chi connectivity index (χ0v) is 62.4. The quantitative estimate of drug-likeness (QED) is 0.146. The van der Waals surface area contributed by atoms with Crippen LogP contribution in [0.1, 0.15) is 109 Å². The predicted molar refractivity (Wildman–Crippen MR) is 446 cm³/mol. The monoisotopic (exact) mass is 1410 g/mol. The summed E-state index contributed by atoms with van der Waals surface area (Å²) < 4.78 is 4.45. The molecule has 104 heavy (non-hydrogen) atoms. The van der Waals surface area contributed by atoms with Gasteiger partial charge in [-0.25, -0.2) is 20.0 Å². The molecule has 0 unspecified atom stereocenters. The van der Waals surface area contributed by atoms with Gasteiger partial charge in [-0.3, -0.25) is 0 Å². The molecule has 0 saturated heterocycles. The first-order chi connectivity index (χ1) is 50.7. The summed E-state index contributed by atoms with van der Waals surface area (Å²) in [7, 11) is 0. The lowest BCUT2D eigenvalue weighted by Crippen LogP contribution is -2.12. The third kappa shape index (κ3) is 13.0. The van der Waals surface area contributed by atoms with Crippen LogP contribution in [0.5, 0.6) is 0 Å². The van der Waals surface area contributed by atoms with Gasteiger partial charge in [-0.1, -0.05) is 239 Å². The number of benzene rings is 8. The molecule has 0 atom stereocenters. The topological polar surface area (TPSA) is 49.4 Å². The van der Waals surface area contributed by atoms with Crippen molar-refractivity contribution in [1.82, 2.24) is 0 Å². The second kappa shape index (κ2) is 27.8. The number of hydrogen-bond acceptors (Lipinski definition) is 8. The molecule has 0 spiro atoms. The average molecular weight is 1410 g/mol. The fourth-order valence-electron chi connectivity index (χ4n) is 14.1. The van der Waals surface area contributed by atoms with E-state index in [1.807, 2.05) is 0 Å². The second-order valence-corrected chi connectivity index (χ2v) is 31.8. The highest BCUT2D eigenvalue weighted by molar-refractivity contribution is 7.15. The molecule has 0 amide bonds. The van der Waals surface area contributed by atoms with Crippen LogP contribution in [-0.2, 0) is 0 Å². The summed E-state index contributed by atoms with van der Waals surface area (Å²) in [6.45, 7) is 17.2. The van der Waals surface area contributed by atoms with Crippen molar-refractivity contribution in [3.05, 3.63) is 441 Å². The Morgan fingerprint density at radius 3 is 0.500 bits per heavy atom. The molecule has 17 rings (SSSR count). The Morgan fingerprint density at radius 1 is 0.163 bits per heavy atom. The van der Waals surface area contributed by atoms with Crippen LogP contribution in [0.2, 0.25) is 0 Å². The van der Waals surface area contributed by atoms with Crippen molar-refractivity contribution in [1.29, 1.82) is 0 Å². The first-order valence-corrected chi connectivity index (χ1v) is 38.5. The van der Waals surface area contributed by atoms with Crippen LogP contribution < -0.4 is 18.1 Å². The van der Waals surface area contributed by atoms with Crippen molar-refractivity contribution < 1.29 is 0 Å². The Balaban J connectivity index is 0.960. The number of nitrogens with zero attached hydrogens (tertiary/aromatic N) is 4. The lowest BCUT2D eigenvalue weighted by molar-refractivity contribution is 1.41. The number of thiophene rings is 4. The highest BCUT2D eigenvalue weighted by Crippen LogP contribution is 2.44. The van der Waals surface area contributed by atoms with E-state index in [4.69, 9.17) is 20.0 Å². The third-order valence-corrected chi connectivity index (χ3v) is 24.2. The summed E-state index contributed by atoms with van der Waals surface area (Å²) in [5.74, 6) is 0. The molecular formula is C96H72N4S4. The third-order valence-electron chi connectivity index (χ3n) is 19.7. The lowest BCUT2D eigenvalue weighted by atomic mass is 9.99. The van der Waals surface area contributed by atoms with Gasteiger partial charge in [0, 0.05) is 82.2 Å².